The number of carbonyl (C=O) groups is 1. The fourth-order valence-corrected chi connectivity index (χ4v) is 3.88. The Kier molecular flexibility index (Phi) is 4.98. The summed E-state index contributed by atoms with van der Waals surface area (Å²) >= 11 is 1.48. The van der Waals surface area contributed by atoms with Crippen LogP contribution in [0.2, 0.25) is 0 Å². The molecule has 2 atom stereocenters. The molecule has 2 N–H and O–H groups in total. The Hall–Kier alpha value is -1.85. The van der Waals surface area contributed by atoms with E-state index in [4.69, 9.17) is 4.74 Å². The molecule has 0 aliphatic carbocycles. The van der Waals surface area contributed by atoms with E-state index in [0.29, 0.717) is 16.5 Å². The molecule has 0 bridgehead atoms. The number of piperidine rings is 1. The maximum atomic E-state index is 12.7. The van der Waals surface area contributed by atoms with Gasteiger partial charge in [-0.3, -0.25) is 4.79 Å². The van der Waals surface area contributed by atoms with Crippen LogP contribution in [0.4, 0.5) is 0 Å². The summed E-state index contributed by atoms with van der Waals surface area (Å²) in [6.45, 7) is 4.03. The number of amides is 1. The number of nitrogens with one attached hydrogen (secondary N) is 2. The Morgan fingerprint density at radius 2 is 2.13 bits per heavy atom. The highest BCUT2D eigenvalue weighted by molar-refractivity contribution is 7.17. The molecule has 5 heteroatoms. The Labute approximate surface area is 140 Å². The summed E-state index contributed by atoms with van der Waals surface area (Å²) in [5, 5.41) is 6.49. The molecular weight excluding hydrogens is 308 g/mol. The van der Waals surface area contributed by atoms with Crippen molar-refractivity contribution in [3.05, 3.63) is 41.3 Å². The molecule has 2 unspecified atom stereocenters. The van der Waals surface area contributed by atoms with E-state index < -0.39 is 0 Å². The van der Waals surface area contributed by atoms with Crippen molar-refractivity contribution in [1.29, 1.82) is 0 Å². The van der Waals surface area contributed by atoms with Gasteiger partial charge in [-0.1, -0.05) is 37.3 Å². The zero-order valence-electron chi connectivity index (χ0n) is 13.5. The van der Waals surface area contributed by atoms with Gasteiger partial charge in [0.25, 0.3) is 5.91 Å². The van der Waals surface area contributed by atoms with Crippen molar-refractivity contribution in [2.75, 3.05) is 20.2 Å². The predicted octanol–water partition coefficient (Wildman–Crippen LogP) is 3.15. The largest absolute Gasteiger partial charge is 0.495 e. The van der Waals surface area contributed by atoms with E-state index in [1.54, 1.807) is 7.11 Å². The van der Waals surface area contributed by atoms with Gasteiger partial charge in [-0.25, -0.2) is 0 Å². The summed E-state index contributed by atoms with van der Waals surface area (Å²) < 4.78 is 5.42. The van der Waals surface area contributed by atoms with E-state index in [1.165, 1.54) is 11.3 Å². The summed E-state index contributed by atoms with van der Waals surface area (Å²) in [6.07, 6.45) is 1.09. The van der Waals surface area contributed by atoms with Gasteiger partial charge in [0.2, 0.25) is 0 Å². The number of methoxy groups -OCH3 is 1. The maximum absolute atomic E-state index is 12.7. The van der Waals surface area contributed by atoms with E-state index in [0.717, 1.165) is 30.0 Å². The molecule has 1 aromatic heterocycles. The predicted molar refractivity (Wildman–Crippen MR) is 94.2 cm³/mol. The van der Waals surface area contributed by atoms with Crippen molar-refractivity contribution in [2.24, 2.45) is 5.92 Å². The molecule has 4 nitrogen and oxygen atoms in total. The lowest BCUT2D eigenvalue weighted by molar-refractivity contribution is 0.0916. The van der Waals surface area contributed by atoms with Crippen LogP contribution in [0.25, 0.3) is 10.4 Å². The van der Waals surface area contributed by atoms with Crippen molar-refractivity contribution in [3.8, 4) is 16.2 Å². The number of ether oxygens (including phenoxy) is 1. The summed E-state index contributed by atoms with van der Waals surface area (Å²) in [6, 6.07) is 12.2. The van der Waals surface area contributed by atoms with Gasteiger partial charge >= 0.3 is 0 Å². The third-order valence-electron chi connectivity index (χ3n) is 4.33. The molecule has 0 saturated carbocycles. The zero-order valence-corrected chi connectivity index (χ0v) is 14.3. The van der Waals surface area contributed by atoms with Gasteiger partial charge in [-0.15, -0.1) is 11.3 Å². The minimum atomic E-state index is -0.0467. The first-order valence-corrected chi connectivity index (χ1v) is 8.75. The second kappa shape index (κ2) is 7.15. The molecule has 23 heavy (non-hydrogen) atoms. The van der Waals surface area contributed by atoms with Crippen molar-refractivity contribution >= 4 is 17.2 Å². The van der Waals surface area contributed by atoms with Crippen molar-refractivity contribution < 1.29 is 9.53 Å². The summed E-state index contributed by atoms with van der Waals surface area (Å²) in [7, 11) is 1.61. The fraction of sp³-hybridized carbons (Fsp3) is 0.389. The lowest BCUT2D eigenvalue weighted by atomic mass is 9.95. The highest BCUT2D eigenvalue weighted by Crippen LogP contribution is 2.36. The van der Waals surface area contributed by atoms with Crippen LogP contribution >= 0.6 is 11.3 Å². The molecule has 122 valence electrons. The Morgan fingerprint density at radius 1 is 1.35 bits per heavy atom. The Bertz CT molecular complexity index is 669. The lowest BCUT2D eigenvalue weighted by Crippen LogP contribution is -2.50. The minimum Gasteiger partial charge on any atom is -0.495 e. The first kappa shape index (κ1) is 16.0. The molecule has 1 aromatic carbocycles. The summed E-state index contributed by atoms with van der Waals surface area (Å²) in [4.78, 5) is 14.4. The van der Waals surface area contributed by atoms with E-state index in [-0.39, 0.29) is 11.9 Å². The number of hydrogen-bond acceptors (Lipinski definition) is 4. The van der Waals surface area contributed by atoms with Gasteiger partial charge in [0.05, 0.1) is 7.11 Å². The van der Waals surface area contributed by atoms with Crippen molar-refractivity contribution in [1.82, 2.24) is 10.6 Å². The normalized spacial score (nSPS) is 21.0. The first-order chi connectivity index (χ1) is 11.2. The molecule has 3 rings (SSSR count). The van der Waals surface area contributed by atoms with E-state index in [9.17, 15) is 4.79 Å². The van der Waals surface area contributed by atoms with Crippen LogP contribution in [0.1, 0.15) is 23.0 Å². The minimum absolute atomic E-state index is 0.0467. The number of hydrogen-bond donors (Lipinski definition) is 2. The average molecular weight is 330 g/mol. The van der Waals surface area contributed by atoms with Crippen LogP contribution in [-0.2, 0) is 0 Å². The van der Waals surface area contributed by atoms with Gasteiger partial charge in [-0.05, 0) is 30.5 Å². The van der Waals surface area contributed by atoms with Crippen LogP contribution in [0.3, 0.4) is 0 Å². The second-order valence-electron chi connectivity index (χ2n) is 5.92. The maximum Gasteiger partial charge on any atom is 0.265 e. The number of carbonyl (C=O) groups excluding carboxylic acids is 1. The van der Waals surface area contributed by atoms with E-state index in [1.807, 2.05) is 36.4 Å². The zero-order chi connectivity index (χ0) is 16.2. The molecule has 1 aliphatic rings. The van der Waals surface area contributed by atoms with Crippen molar-refractivity contribution in [3.63, 3.8) is 0 Å². The second-order valence-corrected chi connectivity index (χ2v) is 6.98. The van der Waals surface area contributed by atoms with Crippen LogP contribution in [0.5, 0.6) is 5.75 Å². The molecule has 0 spiro atoms. The van der Waals surface area contributed by atoms with Gasteiger partial charge in [-0.2, -0.15) is 0 Å². The molecular formula is C18H22N2O2S. The molecule has 1 amide bonds. The summed E-state index contributed by atoms with van der Waals surface area (Å²) in [5.41, 5.74) is 1.10. The number of benzene rings is 1. The smallest absolute Gasteiger partial charge is 0.265 e. The SMILES string of the molecule is COc1cc(-c2ccccc2)sc1C(=O)NC1CNCCC1C. The van der Waals surface area contributed by atoms with E-state index >= 15 is 0 Å². The Morgan fingerprint density at radius 3 is 2.83 bits per heavy atom. The van der Waals surface area contributed by atoms with Crippen LogP contribution in [-0.4, -0.2) is 32.1 Å². The van der Waals surface area contributed by atoms with Gasteiger partial charge in [0.1, 0.15) is 10.6 Å². The van der Waals surface area contributed by atoms with E-state index in [2.05, 4.69) is 17.6 Å². The third-order valence-corrected chi connectivity index (χ3v) is 5.49. The molecule has 2 aromatic rings. The molecule has 2 heterocycles. The third kappa shape index (κ3) is 3.57. The Balaban J connectivity index is 1.81. The molecule has 1 fully saturated rings. The topological polar surface area (TPSA) is 50.4 Å². The standard InChI is InChI=1S/C18H22N2O2S/c1-12-8-9-19-11-14(12)20-18(21)17-15(22-2)10-16(23-17)13-6-4-3-5-7-13/h3-7,10,12,14,19H,8-9,11H2,1-2H3,(H,20,21). The van der Waals surface area contributed by atoms with Gasteiger partial charge in [0, 0.05) is 17.5 Å². The quantitative estimate of drug-likeness (QED) is 0.905. The first-order valence-electron chi connectivity index (χ1n) is 7.94. The lowest BCUT2D eigenvalue weighted by Gasteiger charge is -2.30. The molecule has 0 radical (unpaired) electrons. The average Bonchev–Trinajstić information content (AvgIpc) is 3.02. The number of rotatable bonds is 4. The highest BCUT2D eigenvalue weighted by Gasteiger charge is 2.25. The monoisotopic (exact) mass is 330 g/mol. The fourth-order valence-electron chi connectivity index (χ4n) is 2.85. The molecule has 1 aliphatic heterocycles. The van der Waals surface area contributed by atoms with Crippen LogP contribution < -0.4 is 15.4 Å². The number of thiophene rings is 1. The summed E-state index contributed by atoms with van der Waals surface area (Å²) in [5.74, 6) is 1.08. The highest BCUT2D eigenvalue weighted by atomic mass is 32.1. The molecule has 1 saturated heterocycles. The van der Waals surface area contributed by atoms with Crippen LogP contribution in [0, 0.1) is 5.92 Å². The van der Waals surface area contributed by atoms with Gasteiger partial charge in [0.15, 0.2) is 0 Å². The van der Waals surface area contributed by atoms with Crippen LogP contribution in [0.15, 0.2) is 36.4 Å². The van der Waals surface area contributed by atoms with Gasteiger partial charge < -0.3 is 15.4 Å². The van der Waals surface area contributed by atoms with Crippen molar-refractivity contribution in [2.45, 2.75) is 19.4 Å².